The molecule has 7 heteroatoms. The molecule has 0 aromatic rings. The van der Waals surface area contributed by atoms with Gasteiger partial charge in [-0.25, -0.2) is 4.79 Å². The molecule has 0 spiro atoms. The van der Waals surface area contributed by atoms with Crippen LogP contribution in [0.2, 0.25) is 0 Å². The predicted molar refractivity (Wildman–Crippen MR) is 93.5 cm³/mol. The van der Waals surface area contributed by atoms with E-state index in [9.17, 15) is 9.59 Å². The second-order valence-electron chi connectivity index (χ2n) is 7.60. The molecule has 0 aromatic carbocycles. The molecular formula is C18H31N3O4. The summed E-state index contributed by atoms with van der Waals surface area (Å²) in [4.78, 5) is 27.2. The lowest BCUT2D eigenvalue weighted by atomic mass is 9.85. The molecule has 1 aliphatic carbocycles. The largest absolute Gasteiger partial charge is 0.480 e. The van der Waals surface area contributed by atoms with Crippen molar-refractivity contribution in [3.05, 3.63) is 0 Å². The molecule has 2 N–H and O–H groups in total. The third-order valence-electron chi connectivity index (χ3n) is 6.02. The lowest BCUT2D eigenvalue weighted by Crippen LogP contribution is -2.57. The number of likely N-dealkylation sites (N-methyl/N-ethyl adjacent to an activating group) is 1. The van der Waals surface area contributed by atoms with E-state index in [1.54, 1.807) is 0 Å². The summed E-state index contributed by atoms with van der Waals surface area (Å²) < 4.78 is 5.79. The fraction of sp³-hybridized carbons (Fsp3) is 0.889. The third-order valence-corrected chi connectivity index (χ3v) is 6.02. The molecule has 7 nitrogen and oxygen atoms in total. The van der Waals surface area contributed by atoms with Crippen LogP contribution >= 0.6 is 0 Å². The fourth-order valence-electron chi connectivity index (χ4n) is 4.39. The van der Waals surface area contributed by atoms with Gasteiger partial charge in [-0.15, -0.1) is 0 Å². The number of amides is 2. The molecule has 142 valence electrons. The van der Waals surface area contributed by atoms with Crippen LogP contribution in [0.25, 0.3) is 0 Å². The van der Waals surface area contributed by atoms with E-state index in [0.717, 1.165) is 51.9 Å². The molecule has 1 atom stereocenters. The Labute approximate surface area is 149 Å². The van der Waals surface area contributed by atoms with Gasteiger partial charge in [0.1, 0.15) is 0 Å². The monoisotopic (exact) mass is 353 g/mol. The first-order valence-corrected chi connectivity index (χ1v) is 9.69. The Morgan fingerprint density at radius 3 is 2.52 bits per heavy atom. The van der Waals surface area contributed by atoms with Crippen molar-refractivity contribution in [2.24, 2.45) is 5.92 Å². The average molecular weight is 353 g/mol. The van der Waals surface area contributed by atoms with E-state index >= 15 is 0 Å². The van der Waals surface area contributed by atoms with Crippen LogP contribution in [0.15, 0.2) is 0 Å². The summed E-state index contributed by atoms with van der Waals surface area (Å²) in [7, 11) is 0. The van der Waals surface area contributed by atoms with E-state index in [0.29, 0.717) is 12.0 Å². The molecule has 2 amide bonds. The molecule has 3 aliphatic rings. The molecule has 2 aliphatic heterocycles. The fourth-order valence-corrected chi connectivity index (χ4v) is 4.39. The van der Waals surface area contributed by atoms with Crippen molar-refractivity contribution in [3.63, 3.8) is 0 Å². The highest BCUT2D eigenvalue weighted by molar-refractivity contribution is 5.74. The molecule has 0 bridgehead atoms. The maximum atomic E-state index is 12.4. The second-order valence-corrected chi connectivity index (χ2v) is 7.60. The van der Waals surface area contributed by atoms with Crippen molar-refractivity contribution >= 4 is 12.0 Å². The number of ether oxygens (including phenoxy) is 1. The molecule has 2 heterocycles. The zero-order valence-corrected chi connectivity index (χ0v) is 15.2. The number of rotatable bonds is 6. The first-order chi connectivity index (χ1) is 12.1. The summed E-state index contributed by atoms with van der Waals surface area (Å²) in [6.07, 6.45) is 6.52. The van der Waals surface area contributed by atoms with Gasteiger partial charge in [-0.05, 0) is 51.0 Å². The van der Waals surface area contributed by atoms with Crippen molar-refractivity contribution in [3.8, 4) is 0 Å². The van der Waals surface area contributed by atoms with Crippen LogP contribution in [-0.4, -0.2) is 77.9 Å². The van der Waals surface area contributed by atoms with Gasteiger partial charge in [0.05, 0.1) is 12.6 Å². The number of carbonyl (C=O) groups is 2. The normalized spacial score (nSPS) is 30.3. The van der Waals surface area contributed by atoms with Crippen LogP contribution in [0.3, 0.4) is 0 Å². The number of carboxylic acid groups (broad SMARTS) is 1. The minimum absolute atomic E-state index is 0.0375. The van der Waals surface area contributed by atoms with Crippen molar-refractivity contribution < 1.29 is 19.4 Å². The zero-order valence-electron chi connectivity index (χ0n) is 15.2. The van der Waals surface area contributed by atoms with Gasteiger partial charge in [0.2, 0.25) is 0 Å². The summed E-state index contributed by atoms with van der Waals surface area (Å²) in [6.45, 7) is 5.31. The molecular weight excluding hydrogens is 322 g/mol. The SMILES string of the molecule is CCN(CC(=O)O)C1CC(NC(=O)N2CCC(C3CCCO3)CC2)C1. The Morgan fingerprint density at radius 2 is 1.96 bits per heavy atom. The molecule has 0 aromatic heterocycles. The van der Waals surface area contributed by atoms with Gasteiger partial charge in [-0.2, -0.15) is 0 Å². The molecule has 1 unspecified atom stereocenters. The Morgan fingerprint density at radius 1 is 1.24 bits per heavy atom. The van der Waals surface area contributed by atoms with E-state index in [1.807, 2.05) is 16.7 Å². The van der Waals surface area contributed by atoms with Crippen molar-refractivity contribution in [1.29, 1.82) is 0 Å². The maximum absolute atomic E-state index is 12.4. The summed E-state index contributed by atoms with van der Waals surface area (Å²) in [5.41, 5.74) is 0. The van der Waals surface area contributed by atoms with Gasteiger partial charge >= 0.3 is 12.0 Å². The number of carbonyl (C=O) groups excluding carboxylic acids is 1. The maximum Gasteiger partial charge on any atom is 0.317 e. The quantitative estimate of drug-likeness (QED) is 0.757. The third kappa shape index (κ3) is 4.64. The van der Waals surface area contributed by atoms with Crippen LogP contribution in [0, 0.1) is 5.92 Å². The smallest absolute Gasteiger partial charge is 0.317 e. The highest BCUT2D eigenvalue weighted by Crippen LogP contribution is 2.29. The van der Waals surface area contributed by atoms with Crippen LogP contribution in [0.5, 0.6) is 0 Å². The highest BCUT2D eigenvalue weighted by Gasteiger charge is 2.36. The Hall–Kier alpha value is -1.34. The molecule has 0 radical (unpaired) electrons. The number of nitrogens with one attached hydrogen (secondary N) is 1. The summed E-state index contributed by atoms with van der Waals surface area (Å²) >= 11 is 0. The van der Waals surface area contributed by atoms with Crippen LogP contribution in [0.1, 0.15) is 45.4 Å². The topological polar surface area (TPSA) is 82.1 Å². The Kier molecular flexibility index (Phi) is 6.17. The molecule has 1 saturated carbocycles. The van der Waals surface area contributed by atoms with Crippen LogP contribution in [-0.2, 0) is 9.53 Å². The predicted octanol–water partition coefficient (Wildman–Crippen LogP) is 1.52. The minimum Gasteiger partial charge on any atom is -0.480 e. The number of piperidine rings is 1. The van der Waals surface area contributed by atoms with Gasteiger partial charge in [0.25, 0.3) is 0 Å². The molecule has 25 heavy (non-hydrogen) atoms. The molecule has 3 rings (SSSR count). The number of urea groups is 1. The highest BCUT2D eigenvalue weighted by atomic mass is 16.5. The van der Waals surface area contributed by atoms with Crippen LogP contribution in [0.4, 0.5) is 4.79 Å². The first-order valence-electron chi connectivity index (χ1n) is 9.69. The number of hydrogen-bond donors (Lipinski definition) is 2. The molecule has 3 fully saturated rings. The van der Waals surface area contributed by atoms with Gasteiger partial charge in [-0.3, -0.25) is 9.69 Å². The summed E-state index contributed by atoms with van der Waals surface area (Å²) in [5.74, 6) is -0.183. The van der Waals surface area contributed by atoms with Gasteiger partial charge in [0.15, 0.2) is 0 Å². The first kappa shape index (κ1) is 18.5. The van der Waals surface area contributed by atoms with Gasteiger partial charge in [-0.1, -0.05) is 6.92 Å². The summed E-state index contributed by atoms with van der Waals surface area (Å²) in [6, 6.07) is 0.489. The number of likely N-dealkylation sites (tertiary alicyclic amines) is 1. The number of carboxylic acids is 1. The number of hydrogen-bond acceptors (Lipinski definition) is 4. The Balaban J connectivity index is 1.36. The van der Waals surface area contributed by atoms with Crippen molar-refractivity contribution in [2.45, 2.75) is 63.6 Å². The number of nitrogens with zero attached hydrogens (tertiary/aromatic N) is 2. The van der Waals surface area contributed by atoms with Crippen LogP contribution < -0.4 is 5.32 Å². The standard InChI is InChI=1S/C18H31N3O4/c1-2-20(12-17(22)23)15-10-14(11-15)19-18(24)21-7-5-13(6-8-21)16-4-3-9-25-16/h13-16H,2-12H2,1H3,(H,19,24)(H,22,23). The van der Waals surface area contributed by atoms with E-state index in [4.69, 9.17) is 9.84 Å². The average Bonchev–Trinajstić information content (AvgIpc) is 3.10. The lowest BCUT2D eigenvalue weighted by molar-refractivity contribution is -0.139. The van der Waals surface area contributed by atoms with Gasteiger partial charge < -0.3 is 20.1 Å². The van der Waals surface area contributed by atoms with E-state index < -0.39 is 5.97 Å². The van der Waals surface area contributed by atoms with E-state index in [1.165, 1.54) is 12.8 Å². The minimum atomic E-state index is -0.788. The molecule has 2 saturated heterocycles. The van der Waals surface area contributed by atoms with Gasteiger partial charge in [0, 0.05) is 31.8 Å². The zero-order chi connectivity index (χ0) is 17.8. The Bertz CT molecular complexity index is 467. The van der Waals surface area contributed by atoms with E-state index in [2.05, 4.69) is 5.32 Å². The van der Waals surface area contributed by atoms with Crippen molar-refractivity contribution in [2.75, 3.05) is 32.8 Å². The second kappa shape index (κ2) is 8.36. The lowest BCUT2D eigenvalue weighted by Gasteiger charge is -2.43. The van der Waals surface area contributed by atoms with Crippen molar-refractivity contribution in [1.82, 2.24) is 15.1 Å². The van der Waals surface area contributed by atoms with E-state index in [-0.39, 0.29) is 24.7 Å². The number of aliphatic carboxylic acids is 1. The summed E-state index contributed by atoms with van der Waals surface area (Å²) in [5, 5.41) is 12.1.